The number of hydrogen-bond acceptors (Lipinski definition) is 3. The fraction of sp³-hybridized carbons (Fsp3) is 0.400. The zero-order chi connectivity index (χ0) is 25.7. The molecule has 1 atom stereocenters. The molecule has 0 bridgehead atoms. The average Bonchev–Trinajstić information content (AvgIpc) is 3.64. The summed E-state index contributed by atoms with van der Waals surface area (Å²) in [6, 6.07) is 14.0. The molecule has 1 fully saturated rings. The van der Waals surface area contributed by atoms with Gasteiger partial charge in [0.05, 0.1) is 30.6 Å². The van der Waals surface area contributed by atoms with E-state index in [0.717, 1.165) is 47.8 Å². The average molecular weight is 499 g/mol. The number of furan rings is 1. The van der Waals surface area contributed by atoms with Gasteiger partial charge in [0.15, 0.2) is 0 Å². The topological polar surface area (TPSA) is 72.4 Å². The summed E-state index contributed by atoms with van der Waals surface area (Å²) in [5, 5.41) is 4.32. The lowest BCUT2D eigenvalue weighted by molar-refractivity contribution is -0.134. The van der Waals surface area contributed by atoms with Crippen molar-refractivity contribution in [3.63, 3.8) is 0 Å². The zero-order valence-corrected chi connectivity index (χ0v) is 21.7. The molecule has 0 spiro atoms. The van der Waals surface area contributed by atoms with Crippen molar-refractivity contribution in [1.29, 1.82) is 0 Å². The third-order valence-corrected chi connectivity index (χ3v) is 8.30. The predicted molar refractivity (Wildman–Crippen MR) is 143 cm³/mol. The van der Waals surface area contributed by atoms with Crippen molar-refractivity contribution in [3.8, 4) is 5.69 Å². The minimum atomic E-state index is -1.08. The third-order valence-electron chi connectivity index (χ3n) is 8.30. The van der Waals surface area contributed by atoms with E-state index in [0.29, 0.717) is 23.9 Å². The molecule has 0 unspecified atom stereocenters. The van der Waals surface area contributed by atoms with Crippen molar-refractivity contribution >= 4 is 22.7 Å². The van der Waals surface area contributed by atoms with Crippen LogP contribution in [0, 0.1) is 12.8 Å². The minimum absolute atomic E-state index is 0.103. The highest BCUT2D eigenvalue weighted by molar-refractivity contribution is 6.09. The lowest BCUT2D eigenvalue weighted by Crippen LogP contribution is -2.64. The van der Waals surface area contributed by atoms with Gasteiger partial charge >= 0.3 is 0 Å². The second kappa shape index (κ2) is 8.98. The molecule has 1 aliphatic carbocycles. The molecular weight excluding hydrogens is 464 g/mol. The van der Waals surface area contributed by atoms with Gasteiger partial charge in [-0.1, -0.05) is 18.6 Å². The molecule has 2 amide bonds. The lowest BCUT2D eigenvalue weighted by Gasteiger charge is -2.44. The van der Waals surface area contributed by atoms with Crippen molar-refractivity contribution in [2.45, 2.75) is 71.1 Å². The molecule has 1 aliphatic heterocycles. The number of carbonyl (C=O) groups is 2. The van der Waals surface area contributed by atoms with Crippen LogP contribution in [0.4, 0.5) is 0 Å². The van der Waals surface area contributed by atoms with Crippen LogP contribution in [0.3, 0.4) is 0 Å². The van der Waals surface area contributed by atoms with Gasteiger partial charge in [-0.05, 0) is 81.8 Å². The fourth-order valence-corrected chi connectivity index (χ4v) is 6.07. The molecule has 192 valence electrons. The van der Waals surface area contributed by atoms with E-state index in [-0.39, 0.29) is 24.4 Å². The fourth-order valence-electron chi connectivity index (χ4n) is 6.07. The predicted octanol–water partition coefficient (Wildman–Crippen LogP) is 5.44. The van der Waals surface area contributed by atoms with E-state index < -0.39 is 5.54 Å². The van der Waals surface area contributed by atoms with Gasteiger partial charge < -0.3 is 23.8 Å². The molecular formula is C30H34N4O3. The van der Waals surface area contributed by atoms with Crippen molar-refractivity contribution in [3.05, 3.63) is 78.1 Å². The number of benzene rings is 1. The van der Waals surface area contributed by atoms with Gasteiger partial charge in [-0.15, -0.1) is 0 Å². The SMILES string of the molecule is Cc1ccc2c(c1)c(-n1cccc1)c1n2C[C@](C)(C(=O)NC2CCC(C)CC2)N(Cc2ccco2)C1=O. The van der Waals surface area contributed by atoms with E-state index in [1.165, 1.54) is 0 Å². The third kappa shape index (κ3) is 3.97. The molecule has 2 aliphatic rings. The van der Waals surface area contributed by atoms with Gasteiger partial charge in [-0.25, -0.2) is 0 Å². The summed E-state index contributed by atoms with van der Waals surface area (Å²) in [6.07, 6.45) is 9.72. The highest BCUT2D eigenvalue weighted by Crippen LogP contribution is 2.39. The highest BCUT2D eigenvalue weighted by Gasteiger charge is 2.49. The van der Waals surface area contributed by atoms with Crippen LogP contribution in [0.5, 0.6) is 0 Å². The maximum Gasteiger partial charge on any atom is 0.274 e. The Morgan fingerprint density at radius 2 is 1.86 bits per heavy atom. The number of rotatable bonds is 5. The summed E-state index contributed by atoms with van der Waals surface area (Å²) >= 11 is 0. The Bertz CT molecular complexity index is 1440. The van der Waals surface area contributed by atoms with Gasteiger partial charge in [0.2, 0.25) is 5.91 Å². The van der Waals surface area contributed by atoms with E-state index in [1.54, 1.807) is 11.2 Å². The van der Waals surface area contributed by atoms with Gasteiger partial charge in [0.1, 0.15) is 17.0 Å². The smallest absolute Gasteiger partial charge is 0.274 e. The standard InChI is InChI=1S/C30H34N4O3/c1-20-8-11-22(12-9-20)31-29(36)30(3)19-33-25-13-10-21(2)17-24(25)26(32-14-4-5-15-32)27(33)28(35)34(30)18-23-7-6-16-37-23/h4-7,10,13-17,20,22H,8-9,11-12,18-19H2,1-3H3,(H,31,36)/t20?,22?,30-/m1/s1. The molecule has 4 aromatic rings. The van der Waals surface area contributed by atoms with Crippen LogP contribution >= 0.6 is 0 Å². The maximum absolute atomic E-state index is 14.4. The van der Waals surface area contributed by atoms with Crippen LogP contribution in [-0.2, 0) is 17.9 Å². The van der Waals surface area contributed by atoms with Crippen molar-refractivity contribution in [1.82, 2.24) is 19.4 Å². The van der Waals surface area contributed by atoms with Crippen LogP contribution in [0.2, 0.25) is 0 Å². The summed E-state index contributed by atoms with van der Waals surface area (Å²) in [5.41, 5.74) is 2.45. The first-order valence-corrected chi connectivity index (χ1v) is 13.3. The Kier molecular flexibility index (Phi) is 5.74. The lowest BCUT2D eigenvalue weighted by atomic mass is 9.86. The monoisotopic (exact) mass is 498 g/mol. The summed E-state index contributed by atoms with van der Waals surface area (Å²) < 4.78 is 9.70. The molecule has 6 rings (SSSR count). The van der Waals surface area contributed by atoms with Gasteiger partial charge in [-0.3, -0.25) is 9.59 Å². The van der Waals surface area contributed by atoms with E-state index in [2.05, 4.69) is 37.4 Å². The summed E-state index contributed by atoms with van der Waals surface area (Å²) in [7, 11) is 0. The first kappa shape index (κ1) is 23.6. The second-order valence-corrected chi connectivity index (χ2v) is 11.1. The van der Waals surface area contributed by atoms with Gasteiger partial charge in [0, 0.05) is 23.8 Å². The van der Waals surface area contributed by atoms with Gasteiger partial charge in [-0.2, -0.15) is 0 Å². The maximum atomic E-state index is 14.4. The molecule has 7 heteroatoms. The Morgan fingerprint density at radius 3 is 2.57 bits per heavy atom. The first-order valence-electron chi connectivity index (χ1n) is 13.3. The van der Waals surface area contributed by atoms with E-state index in [9.17, 15) is 9.59 Å². The molecule has 1 saturated carbocycles. The summed E-state index contributed by atoms with van der Waals surface area (Å²) in [6.45, 7) is 6.82. The van der Waals surface area contributed by atoms with E-state index >= 15 is 0 Å². The van der Waals surface area contributed by atoms with Crippen LogP contribution in [0.25, 0.3) is 16.6 Å². The van der Waals surface area contributed by atoms with Crippen molar-refractivity contribution in [2.24, 2.45) is 5.92 Å². The first-order chi connectivity index (χ1) is 17.8. The number of nitrogens with one attached hydrogen (secondary N) is 1. The highest BCUT2D eigenvalue weighted by atomic mass is 16.3. The van der Waals surface area contributed by atoms with Crippen LogP contribution in [0.15, 0.2) is 65.5 Å². The van der Waals surface area contributed by atoms with Crippen molar-refractivity contribution in [2.75, 3.05) is 0 Å². The number of carbonyl (C=O) groups excluding carboxylic acids is 2. The van der Waals surface area contributed by atoms with Crippen molar-refractivity contribution < 1.29 is 14.0 Å². The normalized spacial score (nSPS) is 23.9. The quantitative estimate of drug-likeness (QED) is 0.398. The molecule has 1 aromatic carbocycles. The molecule has 0 saturated heterocycles. The molecule has 1 N–H and O–H groups in total. The number of aryl methyl sites for hydroxylation is 1. The number of fused-ring (bicyclic) bond motifs is 3. The summed E-state index contributed by atoms with van der Waals surface area (Å²) in [5.74, 6) is 1.07. The van der Waals surface area contributed by atoms with E-state index in [1.807, 2.05) is 52.7 Å². The minimum Gasteiger partial charge on any atom is -0.467 e. The van der Waals surface area contributed by atoms with E-state index in [4.69, 9.17) is 4.42 Å². The molecule has 3 aromatic heterocycles. The molecule has 0 radical (unpaired) electrons. The number of hydrogen-bond donors (Lipinski definition) is 1. The molecule has 4 heterocycles. The number of nitrogens with zero attached hydrogens (tertiary/aromatic N) is 3. The second-order valence-electron chi connectivity index (χ2n) is 11.1. The number of amides is 2. The Hall–Kier alpha value is -3.74. The zero-order valence-electron chi connectivity index (χ0n) is 21.7. The van der Waals surface area contributed by atoms with Crippen LogP contribution < -0.4 is 5.32 Å². The Morgan fingerprint density at radius 1 is 1.11 bits per heavy atom. The molecule has 7 nitrogen and oxygen atoms in total. The largest absolute Gasteiger partial charge is 0.467 e. The van der Waals surface area contributed by atoms with Gasteiger partial charge in [0.25, 0.3) is 5.91 Å². The van der Waals surface area contributed by atoms with Crippen LogP contribution in [-0.4, -0.2) is 37.4 Å². The number of aromatic nitrogens is 2. The summed E-state index contributed by atoms with van der Waals surface area (Å²) in [4.78, 5) is 30.2. The van der Waals surface area contributed by atoms with Crippen LogP contribution in [0.1, 0.15) is 61.3 Å². The Balaban J connectivity index is 1.48. The Labute approximate surface area is 217 Å². The molecule has 37 heavy (non-hydrogen) atoms.